The van der Waals surface area contributed by atoms with E-state index in [1.807, 2.05) is 36.7 Å². The molecule has 0 saturated heterocycles. The first kappa shape index (κ1) is 20.8. The number of halogens is 1. The van der Waals surface area contributed by atoms with Crippen molar-refractivity contribution in [2.45, 2.75) is 26.8 Å². The summed E-state index contributed by atoms with van der Waals surface area (Å²) in [5.74, 6) is 2.11. The molecule has 0 aliphatic carbocycles. The number of thiazole rings is 1. The van der Waals surface area contributed by atoms with Gasteiger partial charge in [-0.1, -0.05) is 31.5 Å². The fourth-order valence-electron chi connectivity index (χ4n) is 3.24. The summed E-state index contributed by atoms with van der Waals surface area (Å²) in [7, 11) is 1.94. The molecule has 0 aliphatic heterocycles. The number of aromatic nitrogens is 3. The van der Waals surface area contributed by atoms with Crippen molar-refractivity contribution in [1.82, 2.24) is 20.3 Å². The molecule has 0 bridgehead atoms. The maximum atomic E-state index is 6.24. The molecule has 7 heteroatoms. The van der Waals surface area contributed by atoms with Gasteiger partial charge < -0.3 is 15.0 Å². The molecule has 0 saturated carbocycles. The standard InChI is InChI=1S/C23H25ClN4OS/c1-14(2)12-29-21-7-5-17(24)9-16(21)10-22-26-20(13-30-22)23-27-18-6-4-15(11-25-3)8-19(18)28-23/h4-9,13-14,25H,10-12H2,1-3H3,(H,27,28). The van der Waals surface area contributed by atoms with Crippen LogP contribution >= 0.6 is 22.9 Å². The lowest BCUT2D eigenvalue weighted by atomic mass is 10.1. The van der Waals surface area contributed by atoms with E-state index >= 15 is 0 Å². The van der Waals surface area contributed by atoms with Gasteiger partial charge in [-0.15, -0.1) is 11.3 Å². The molecule has 2 aromatic carbocycles. The average Bonchev–Trinajstić information content (AvgIpc) is 3.34. The van der Waals surface area contributed by atoms with Crippen molar-refractivity contribution in [3.8, 4) is 17.3 Å². The van der Waals surface area contributed by atoms with Gasteiger partial charge in [0.25, 0.3) is 0 Å². The van der Waals surface area contributed by atoms with E-state index in [0.29, 0.717) is 24.0 Å². The van der Waals surface area contributed by atoms with E-state index in [4.69, 9.17) is 26.3 Å². The van der Waals surface area contributed by atoms with Gasteiger partial charge >= 0.3 is 0 Å². The van der Waals surface area contributed by atoms with E-state index in [0.717, 1.165) is 45.4 Å². The number of rotatable bonds is 8. The lowest BCUT2D eigenvalue weighted by molar-refractivity contribution is 0.269. The van der Waals surface area contributed by atoms with E-state index in [2.05, 4.69) is 36.3 Å². The SMILES string of the molecule is CNCc1ccc2nc(-c3csc(Cc4cc(Cl)ccc4OCC(C)C)n3)[nH]c2c1. The van der Waals surface area contributed by atoms with Crippen LogP contribution in [0.3, 0.4) is 0 Å². The van der Waals surface area contributed by atoms with Gasteiger partial charge in [0, 0.05) is 28.9 Å². The van der Waals surface area contributed by atoms with Crippen molar-refractivity contribution in [3.05, 3.63) is 62.9 Å². The van der Waals surface area contributed by atoms with Crippen LogP contribution in [0.2, 0.25) is 5.02 Å². The number of nitrogens with one attached hydrogen (secondary N) is 2. The number of imidazole rings is 1. The molecule has 4 rings (SSSR count). The number of benzene rings is 2. The van der Waals surface area contributed by atoms with E-state index in [9.17, 15) is 0 Å². The third-order valence-corrected chi connectivity index (χ3v) is 5.74. The predicted molar refractivity (Wildman–Crippen MR) is 125 cm³/mol. The lowest BCUT2D eigenvalue weighted by Crippen LogP contribution is -2.06. The van der Waals surface area contributed by atoms with Crippen molar-refractivity contribution >= 4 is 34.0 Å². The molecule has 2 N–H and O–H groups in total. The van der Waals surface area contributed by atoms with Crippen LogP contribution in [0, 0.1) is 5.92 Å². The van der Waals surface area contributed by atoms with Gasteiger partial charge in [0.05, 0.1) is 22.6 Å². The van der Waals surface area contributed by atoms with E-state index in [-0.39, 0.29) is 0 Å². The Labute approximate surface area is 185 Å². The minimum Gasteiger partial charge on any atom is -0.493 e. The fraction of sp³-hybridized carbons (Fsp3) is 0.304. The van der Waals surface area contributed by atoms with Gasteiger partial charge in [0.1, 0.15) is 11.4 Å². The molecule has 0 amide bonds. The van der Waals surface area contributed by atoms with Crippen LogP contribution in [0.1, 0.15) is 30.0 Å². The number of fused-ring (bicyclic) bond motifs is 1. The van der Waals surface area contributed by atoms with Crippen LogP contribution in [0.25, 0.3) is 22.6 Å². The Balaban J connectivity index is 1.56. The zero-order valence-electron chi connectivity index (χ0n) is 17.3. The fourth-order valence-corrected chi connectivity index (χ4v) is 4.24. The Kier molecular flexibility index (Phi) is 6.37. The Bertz CT molecular complexity index is 1150. The highest BCUT2D eigenvalue weighted by Crippen LogP contribution is 2.29. The van der Waals surface area contributed by atoms with Crippen molar-refractivity contribution < 1.29 is 4.74 Å². The quantitative estimate of drug-likeness (QED) is 0.369. The first-order valence-electron chi connectivity index (χ1n) is 10.0. The van der Waals surface area contributed by atoms with Crippen LogP contribution in [0.5, 0.6) is 5.75 Å². The first-order chi connectivity index (χ1) is 14.5. The van der Waals surface area contributed by atoms with Gasteiger partial charge in [-0.05, 0) is 48.9 Å². The van der Waals surface area contributed by atoms with Crippen LogP contribution in [0.4, 0.5) is 0 Å². The van der Waals surface area contributed by atoms with Crippen molar-refractivity contribution in [3.63, 3.8) is 0 Å². The zero-order valence-corrected chi connectivity index (χ0v) is 18.9. The third kappa shape index (κ3) is 4.83. The molecule has 0 radical (unpaired) electrons. The number of H-pyrrole nitrogens is 1. The molecule has 0 aliphatic rings. The second kappa shape index (κ2) is 9.16. The van der Waals surface area contributed by atoms with Crippen LogP contribution in [0.15, 0.2) is 41.8 Å². The second-order valence-electron chi connectivity index (χ2n) is 7.73. The minimum atomic E-state index is 0.460. The summed E-state index contributed by atoms with van der Waals surface area (Å²) < 4.78 is 5.98. The van der Waals surface area contributed by atoms with Crippen LogP contribution in [-0.2, 0) is 13.0 Å². The summed E-state index contributed by atoms with van der Waals surface area (Å²) >= 11 is 7.85. The van der Waals surface area contributed by atoms with Gasteiger partial charge in [0.2, 0.25) is 0 Å². The Morgan fingerprint density at radius 3 is 2.83 bits per heavy atom. The molecule has 0 unspecified atom stereocenters. The Morgan fingerprint density at radius 1 is 1.17 bits per heavy atom. The largest absolute Gasteiger partial charge is 0.493 e. The second-order valence-corrected chi connectivity index (χ2v) is 9.11. The molecule has 0 atom stereocenters. The van der Waals surface area contributed by atoms with E-state index < -0.39 is 0 Å². The highest BCUT2D eigenvalue weighted by atomic mass is 35.5. The maximum absolute atomic E-state index is 6.24. The predicted octanol–water partition coefficient (Wildman–Crippen LogP) is 5.68. The molecule has 156 valence electrons. The molecule has 4 aromatic rings. The molecule has 2 heterocycles. The molecule has 0 fully saturated rings. The van der Waals surface area contributed by atoms with E-state index in [1.54, 1.807) is 11.3 Å². The summed E-state index contributed by atoms with van der Waals surface area (Å²) in [4.78, 5) is 12.9. The van der Waals surface area contributed by atoms with E-state index in [1.165, 1.54) is 5.56 Å². The van der Waals surface area contributed by atoms with Crippen LogP contribution < -0.4 is 10.1 Å². The zero-order chi connectivity index (χ0) is 21.1. The Morgan fingerprint density at radius 2 is 2.03 bits per heavy atom. The highest BCUT2D eigenvalue weighted by molar-refractivity contribution is 7.10. The number of aromatic amines is 1. The van der Waals surface area contributed by atoms with Gasteiger partial charge in [0.15, 0.2) is 5.82 Å². The number of nitrogens with zero attached hydrogens (tertiary/aromatic N) is 2. The summed E-state index contributed by atoms with van der Waals surface area (Å²) in [6.45, 7) is 5.77. The minimum absolute atomic E-state index is 0.460. The molecule has 30 heavy (non-hydrogen) atoms. The number of hydrogen-bond acceptors (Lipinski definition) is 5. The van der Waals surface area contributed by atoms with Crippen molar-refractivity contribution in [2.24, 2.45) is 5.92 Å². The smallest absolute Gasteiger partial charge is 0.158 e. The molecule has 5 nitrogen and oxygen atoms in total. The molecular formula is C23H25ClN4OS. The van der Waals surface area contributed by atoms with Crippen LogP contribution in [-0.4, -0.2) is 28.6 Å². The summed E-state index contributed by atoms with van der Waals surface area (Å²) in [5, 5.41) is 6.92. The van der Waals surface area contributed by atoms with Gasteiger partial charge in [-0.25, -0.2) is 9.97 Å². The first-order valence-corrected chi connectivity index (χ1v) is 11.3. The molecule has 0 spiro atoms. The van der Waals surface area contributed by atoms with Gasteiger partial charge in [-0.3, -0.25) is 0 Å². The average molecular weight is 441 g/mol. The van der Waals surface area contributed by atoms with Gasteiger partial charge in [-0.2, -0.15) is 0 Å². The summed E-state index contributed by atoms with van der Waals surface area (Å²) in [6, 6.07) is 12.0. The summed E-state index contributed by atoms with van der Waals surface area (Å²) in [6.07, 6.45) is 0.672. The number of hydrogen-bond donors (Lipinski definition) is 2. The van der Waals surface area contributed by atoms with Crippen molar-refractivity contribution in [1.29, 1.82) is 0 Å². The topological polar surface area (TPSA) is 62.8 Å². The normalized spacial score (nSPS) is 11.5. The highest BCUT2D eigenvalue weighted by Gasteiger charge is 2.13. The summed E-state index contributed by atoms with van der Waals surface area (Å²) in [5.41, 5.74) is 5.08. The van der Waals surface area contributed by atoms with Crippen molar-refractivity contribution in [2.75, 3.05) is 13.7 Å². The third-order valence-electron chi connectivity index (χ3n) is 4.66. The number of ether oxygens (including phenoxy) is 1. The maximum Gasteiger partial charge on any atom is 0.158 e. The molecule has 2 aromatic heterocycles. The Hall–Kier alpha value is -2.41. The monoisotopic (exact) mass is 440 g/mol. The lowest BCUT2D eigenvalue weighted by Gasteiger charge is -2.13. The molecular weight excluding hydrogens is 416 g/mol.